The summed E-state index contributed by atoms with van der Waals surface area (Å²) in [4.78, 5) is 11.5. The number of methoxy groups -OCH3 is 1. The summed E-state index contributed by atoms with van der Waals surface area (Å²) in [6.07, 6.45) is 4.89. The highest BCUT2D eigenvalue weighted by molar-refractivity contribution is 5.81. The van der Waals surface area contributed by atoms with Crippen molar-refractivity contribution in [3.63, 3.8) is 0 Å². The normalized spacial score (nSPS) is 29.8. The Labute approximate surface area is 148 Å². The number of hydrogen-bond donors (Lipinski definition) is 0. The highest BCUT2D eigenvalue weighted by Gasteiger charge is 2.49. The molecule has 1 aliphatic heterocycles. The van der Waals surface area contributed by atoms with Crippen molar-refractivity contribution in [2.75, 3.05) is 7.11 Å². The van der Waals surface area contributed by atoms with Gasteiger partial charge in [0.15, 0.2) is 0 Å². The van der Waals surface area contributed by atoms with E-state index in [1.807, 2.05) is 12.1 Å². The first kappa shape index (κ1) is 16.2. The van der Waals surface area contributed by atoms with Gasteiger partial charge in [-0.15, -0.1) is 0 Å². The highest BCUT2D eigenvalue weighted by atomic mass is 16.5. The van der Waals surface area contributed by atoms with Crippen LogP contribution in [-0.4, -0.2) is 25.3 Å². The molecule has 132 valence electrons. The zero-order chi connectivity index (χ0) is 17.8. The van der Waals surface area contributed by atoms with Crippen LogP contribution in [0.2, 0.25) is 0 Å². The summed E-state index contributed by atoms with van der Waals surface area (Å²) in [5, 5.41) is 0. The molecule has 0 radical (unpaired) electrons. The lowest BCUT2D eigenvalue weighted by atomic mass is 9.66. The van der Waals surface area contributed by atoms with Gasteiger partial charge in [0.2, 0.25) is 0 Å². The molecule has 0 saturated heterocycles. The molecule has 4 heteroatoms. The molecule has 25 heavy (non-hydrogen) atoms. The van der Waals surface area contributed by atoms with Crippen LogP contribution in [0.4, 0.5) is 0 Å². The van der Waals surface area contributed by atoms with Crippen molar-refractivity contribution in [3.05, 3.63) is 41.0 Å². The van der Waals surface area contributed by atoms with Gasteiger partial charge in [-0.1, -0.05) is 13.0 Å². The maximum Gasteiger partial charge on any atom is 0.302 e. The highest BCUT2D eigenvalue weighted by Crippen LogP contribution is 2.57. The van der Waals surface area contributed by atoms with Gasteiger partial charge < -0.3 is 14.2 Å². The van der Waals surface area contributed by atoms with Crippen molar-refractivity contribution in [3.8, 4) is 11.5 Å². The first-order valence-electron chi connectivity index (χ1n) is 8.90. The van der Waals surface area contributed by atoms with Crippen LogP contribution in [-0.2, 0) is 9.53 Å². The molecule has 2 aliphatic carbocycles. The van der Waals surface area contributed by atoms with Crippen molar-refractivity contribution < 1.29 is 19.0 Å². The third kappa shape index (κ3) is 2.38. The lowest BCUT2D eigenvalue weighted by molar-refractivity contribution is -0.150. The van der Waals surface area contributed by atoms with E-state index in [1.54, 1.807) is 7.11 Å². The Morgan fingerprint density at radius 1 is 1.36 bits per heavy atom. The van der Waals surface area contributed by atoms with Crippen LogP contribution in [0.3, 0.4) is 0 Å². The van der Waals surface area contributed by atoms with Crippen molar-refractivity contribution in [2.24, 2.45) is 5.41 Å². The number of carbonyl (C=O) groups excluding carboxylic acids is 1. The van der Waals surface area contributed by atoms with Gasteiger partial charge in [0.25, 0.3) is 0 Å². The monoisotopic (exact) mass is 340 g/mol. The lowest BCUT2D eigenvalue weighted by Gasteiger charge is -2.43. The summed E-state index contributed by atoms with van der Waals surface area (Å²) in [7, 11) is 1.67. The predicted octanol–water partition coefficient (Wildman–Crippen LogP) is 4.29. The summed E-state index contributed by atoms with van der Waals surface area (Å²) in [5.74, 6) is 1.50. The number of allylic oxidation sites excluding steroid dienone is 1. The van der Waals surface area contributed by atoms with Crippen LogP contribution >= 0.6 is 0 Å². The number of ether oxygens (including phenoxy) is 3. The van der Waals surface area contributed by atoms with E-state index in [1.165, 1.54) is 23.6 Å². The molecule has 0 bridgehead atoms. The third-order valence-electron chi connectivity index (χ3n) is 5.90. The smallest absolute Gasteiger partial charge is 0.302 e. The van der Waals surface area contributed by atoms with Crippen molar-refractivity contribution in [1.82, 2.24) is 0 Å². The molecule has 0 amide bonds. The molecule has 4 nitrogen and oxygen atoms in total. The van der Waals surface area contributed by atoms with E-state index in [9.17, 15) is 4.79 Å². The van der Waals surface area contributed by atoms with Gasteiger partial charge in [0.05, 0.1) is 7.11 Å². The predicted molar refractivity (Wildman–Crippen MR) is 95.6 cm³/mol. The zero-order valence-electron chi connectivity index (χ0n) is 15.2. The van der Waals surface area contributed by atoms with Crippen molar-refractivity contribution in [1.29, 1.82) is 0 Å². The van der Waals surface area contributed by atoms with Gasteiger partial charge in [0.1, 0.15) is 23.7 Å². The largest absolute Gasteiger partial charge is 0.497 e. The van der Waals surface area contributed by atoms with E-state index in [0.717, 1.165) is 36.3 Å². The molecule has 1 aromatic carbocycles. The second kappa shape index (κ2) is 5.65. The van der Waals surface area contributed by atoms with Crippen molar-refractivity contribution >= 4 is 11.5 Å². The van der Waals surface area contributed by atoms with E-state index in [0.29, 0.717) is 0 Å². The lowest BCUT2D eigenvalue weighted by Crippen LogP contribution is -2.39. The summed E-state index contributed by atoms with van der Waals surface area (Å²) >= 11 is 0. The van der Waals surface area contributed by atoms with Gasteiger partial charge in [-0.2, -0.15) is 0 Å². The van der Waals surface area contributed by atoms with Crippen LogP contribution in [0.25, 0.3) is 5.57 Å². The Kier molecular flexibility index (Phi) is 3.67. The Bertz CT molecular complexity index is 804. The molecular formula is C21H24O4. The van der Waals surface area contributed by atoms with Crippen LogP contribution in [0.15, 0.2) is 35.4 Å². The SMILES string of the molecule is COc1ccc2c(c1)O[C@H](C)C1=C2CC[C@@]2(C)C1=CC[C@H]2OC(C)=O. The van der Waals surface area contributed by atoms with E-state index in [2.05, 4.69) is 26.0 Å². The average Bonchev–Trinajstić information content (AvgIpc) is 2.90. The molecule has 0 unspecified atom stereocenters. The minimum absolute atomic E-state index is 0.0171. The molecule has 1 heterocycles. The van der Waals surface area contributed by atoms with E-state index in [4.69, 9.17) is 14.2 Å². The van der Waals surface area contributed by atoms with Gasteiger partial charge in [-0.25, -0.2) is 0 Å². The molecular weight excluding hydrogens is 316 g/mol. The quantitative estimate of drug-likeness (QED) is 0.753. The molecule has 4 rings (SSSR count). The zero-order valence-corrected chi connectivity index (χ0v) is 15.2. The van der Waals surface area contributed by atoms with Crippen molar-refractivity contribution in [2.45, 2.75) is 52.2 Å². The molecule has 0 spiro atoms. The second-order valence-electron chi connectivity index (χ2n) is 7.38. The van der Waals surface area contributed by atoms with Gasteiger partial charge in [0, 0.05) is 30.4 Å². The minimum atomic E-state index is -0.203. The van der Waals surface area contributed by atoms with E-state index >= 15 is 0 Å². The number of esters is 1. The number of rotatable bonds is 2. The number of fused-ring (bicyclic) bond motifs is 4. The fourth-order valence-corrected chi connectivity index (χ4v) is 4.64. The number of hydrogen-bond acceptors (Lipinski definition) is 4. The fraction of sp³-hybridized carbons (Fsp3) is 0.476. The molecule has 0 N–H and O–H groups in total. The summed E-state index contributed by atoms with van der Waals surface area (Å²) < 4.78 is 17.2. The van der Waals surface area contributed by atoms with E-state index in [-0.39, 0.29) is 23.6 Å². The first-order chi connectivity index (χ1) is 11.9. The first-order valence-corrected chi connectivity index (χ1v) is 8.90. The molecule has 0 saturated carbocycles. The van der Waals surface area contributed by atoms with Gasteiger partial charge >= 0.3 is 5.97 Å². The molecule has 0 aromatic heterocycles. The van der Waals surface area contributed by atoms with E-state index < -0.39 is 0 Å². The van der Waals surface area contributed by atoms with Crippen LogP contribution in [0.1, 0.15) is 45.6 Å². The fourth-order valence-electron chi connectivity index (χ4n) is 4.64. The molecule has 1 aromatic rings. The maximum atomic E-state index is 11.5. The van der Waals surface area contributed by atoms with Gasteiger partial charge in [-0.05, 0) is 48.6 Å². The standard InChI is InChI=1S/C21H24O4/c1-12-20-16(15-6-5-14(23-4)11-18(15)24-12)9-10-21(3)17(20)7-8-19(21)25-13(2)22/h5-7,11-12,19H,8-10H2,1-4H3/t12-,19-,21+/m1/s1. The second-order valence-corrected chi connectivity index (χ2v) is 7.38. The number of benzene rings is 1. The molecule has 0 fully saturated rings. The number of carbonyl (C=O) groups is 1. The summed E-state index contributed by atoms with van der Waals surface area (Å²) in [6, 6.07) is 6.05. The van der Waals surface area contributed by atoms with Crippen LogP contribution in [0.5, 0.6) is 11.5 Å². The van der Waals surface area contributed by atoms with Crippen LogP contribution < -0.4 is 9.47 Å². The Hall–Kier alpha value is -2.23. The average molecular weight is 340 g/mol. The Morgan fingerprint density at radius 3 is 2.88 bits per heavy atom. The summed E-state index contributed by atoms with van der Waals surface area (Å²) in [5.41, 5.74) is 4.98. The minimum Gasteiger partial charge on any atom is -0.497 e. The Balaban J connectivity index is 1.78. The topological polar surface area (TPSA) is 44.8 Å². The van der Waals surface area contributed by atoms with Crippen LogP contribution in [0, 0.1) is 5.41 Å². The molecule has 3 aliphatic rings. The summed E-state index contributed by atoms with van der Waals surface area (Å²) in [6.45, 7) is 5.81. The maximum absolute atomic E-state index is 11.5. The Morgan fingerprint density at radius 2 is 2.16 bits per heavy atom. The molecule has 3 atom stereocenters. The third-order valence-corrected chi connectivity index (χ3v) is 5.90. The van der Waals surface area contributed by atoms with Gasteiger partial charge in [-0.3, -0.25) is 4.79 Å².